The van der Waals surface area contributed by atoms with Gasteiger partial charge in [0.15, 0.2) is 0 Å². The molecule has 0 aliphatic carbocycles. The molecule has 4 nitrogen and oxygen atoms in total. The molecule has 0 bridgehead atoms. The third-order valence-corrected chi connectivity index (χ3v) is 3.84. The minimum absolute atomic E-state index is 0.0253. The molecule has 2 atom stereocenters. The maximum absolute atomic E-state index is 12.1. The highest BCUT2D eigenvalue weighted by atomic mass is 16.3. The quantitative estimate of drug-likeness (QED) is 0.853. The highest BCUT2D eigenvalue weighted by Gasteiger charge is 2.28. The van der Waals surface area contributed by atoms with E-state index in [0.717, 1.165) is 18.5 Å². The summed E-state index contributed by atoms with van der Waals surface area (Å²) in [5.41, 5.74) is 2.33. The van der Waals surface area contributed by atoms with Crippen molar-refractivity contribution in [3.8, 4) is 0 Å². The van der Waals surface area contributed by atoms with Crippen LogP contribution in [0.25, 0.3) is 0 Å². The first kappa shape index (κ1) is 14.0. The fourth-order valence-corrected chi connectivity index (χ4v) is 2.42. The first-order chi connectivity index (χ1) is 9.08. The van der Waals surface area contributed by atoms with Crippen LogP contribution >= 0.6 is 0 Å². The lowest BCUT2D eigenvalue weighted by atomic mass is 10.1. The van der Waals surface area contributed by atoms with Crippen molar-refractivity contribution in [1.82, 2.24) is 10.2 Å². The molecular formula is C15H22N2O2. The number of hydrogen-bond acceptors (Lipinski definition) is 3. The number of hydrogen-bond donors (Lipinski definition) is 2. The second-order valence-electron chi connectivity index (χ2n) is 5.26. The van der Waals surface area contributed by atoms with Gasteiger partial charge in [0.2, 0.25) is 5.91 Å². The van der Waals surface area contributed by atoms with E-state index in [-0.39, 0.29) is 18.1 Å². The van der Waals surface area contributed by atoms with Crippen molar-refractivity contribution < 1.29 is 9.90 Å². The minimum Gasteiger partial charge on any atom is -0.392 e. The van der Waals surface area contributed by atoms with Crippen LogP contribution in [-0.2, 0) is 11.3 Å². The number of nitrogens with one attached hydrogen (secondary N) is 1. The molecule has 1 amide bonds. The van der Waals surface area contributed by atoms with E-state index in [4.69, 9.17) is 0 Å². The standard InChI is InChI=1S/C15H22N2O2/c1-11-5-3-4-6-13(11)9-16-15(19)12(2)17-8-7-14(18)10-17/h3-6,12,14,18H,7-10H2,1-2H3,(H,16,19)/t12?,14-/m0/s1. The van der Waals surface area contributed by atoms with Crippen molar-refractivity contribution in [3.05, 3.63) is 35.4 Å². The largest absolute Gasteiger partial charge is 0.392 e. The van der Waals surface area contributed by atoms with Crippen LogP contribution in [0, 0.1) is 6.92 Å². The first-order valence-corrected chi connectivity index (χ1v) is 6.82. The topological polar surface area (TPSA) is 52.6 Å². The second kappa shape index (κ2) is 6.17. The molecule has 1 saturated heterocycles. The third-order valence-electron chi connectivity index (χ3n) is 3.84. The van der Waals surface area contributed by atoms with Crippen molar-refractivity contribution in [2.75, 3.05) is 13.1 Å². The summed E-state index contributed by atoms with van der Waals surface area (Å²) in [6, 6.07) is 7.87. The fourth-order valence-electron chi connectivity index (χ4n) is 2.42. The molecule has 1 aliphatic rings. The van der Waals surface area contributed by atoms with Gasteiger partial charge in [-0.2, -0.15) is 0 Å². The van der Waals surface area contributed by atoms with Gasteiger partial charge in [-0.25, -0.2) is 0 Å². The van der Waals surface area contributed by atoms with Crippen molar-refractivity contribution in [2.45, 2.75) is 39.0 Å². The summed E-state index contributed by atoms with van der Waals surface area (Å²) in [7, 11) is 0. The van der Waals surface area contributed by atoms with Crippen LogP contribution in [0.15, 0.2) is 24.3 Å². The Balaban J connectivity index is 1.86. The number of carbonyl (C=O) groups is 1. The van der Waals surface area contributed by atoms with Gasteiger partial charge in [-0.05, 0) is 31.4 Å². The number of aliphatic hydroxyl groups excluding tert-OH is 1. The van der Waals surface area contributed by atoms with Crippen LogP contribution in [0.3, 0.4) is 0 Å². The molecule has 2 rings (SSSR count). The summed E-state index contributed by atoms with van der Waals surface area (Å²) >= 11 is 0. The highest BCUT2D eigenvalue weighted by molar-refractivity contribution is 5.81. The maximum Gasteiger partial charge on any atom is 0.237 e. The molecular weight excluding hydrogens is 240 g/mol. The van der Waals surface area contributed by atoms with Crippen LogP contribution in [0.5, 0.6) is 0 Å². The maximum atomic E-state index is 12.1. The van der Waals surface area contributed by atoms with E-state index in [2.05, 4.69) is 5.32 Å². The smallest absolute Gasteiger partial charge is 0.237 e. The van der Waals surface area contributed by atoms with E-state index in [1.54, 1.807) is 0 Å². The molecule has 0 saturated carbocycles. The first-order valence-electron chi connectivity index (χ1n) is 6.82. The van der Waals surface area contributed by atoms with Crippen LogP contribution < -0.4 is 5.32 Å². The Hall–Kier alpha value is -1.39. The fraction of sp³-hybridized carbons (Fsp3) is 0.533. The second-order valence-corrected chi connectivity index (χ2v) is 5.26. The van der Waals surface area contributed by atoms with Crippen LogP contribution in [0.1, 0.15) is 24.5 Å². The molecule has 1 heterocycles. The summed E-state index contributed by atoms with van der Waals surface area (Å²) in [4.78, 5) is 14.1. The molecule has 0 spiro atoms. The van der Waals surface area contributed by atoms with Gasteiger partial charge in [-0.3, -0.25) is 9.69 Å². The predicted molar refractivity (Wildman–Crippen MR) is 74.7 cm³/mol. The number of carbonyl (C=O) groups excluding carboxylic acids is 1. The van der Waals surface area contributed by atoms with Crippen LogP contribution in [-0.4, -0.2) is 41.1 Å². The molecule has 0 radical (unpaired) electrons. The number of nitrogens with zero attached hydrogens (tertiary/aromatic N) is 1. The van der Waals surface area contributed by atoms with Crippen LogP contribution in [0.4, 0.5) is 0 Å². The highest BCUT2D eigenvalue weighted by Crippen LogP contribution is 2.13. The summed E-state index contributed by atoms with van der Waals surface area (Å²) in [6.07, 6.45) is 0.474. The zero-order valence-electron chi connectivity index (χ0n) is 11.6. The van der Waals surface area contributed by atoms with Gasteiger partial charge in [0.05, 0.1) is 12.1 Å². The predicted octanol–water partition coefficient (Wildman–Crippen LogP) is 1.07. The molecule has 1 aliphatic heterocycles. The number of aliphatic hydroxyl groups is 1. The molecule has 1 aromatic carbocycles. The van der Waals surface area contributed by atoms with Gasteiger partial charge >= 0.3 is 0 Å². The van der Waals surface area contributed by atoms with Gasteiger partial charge in [0.25, 0.3) is 0 Å². The summed E-state index contributed by atoms with van der Waals surface area (Å²) in [5, 5.41) is 12.5. The Morgan fingerprint density at radius 1 is 1.53 bits per heavy atom. The van der Waals surface area contributed by atoms with Crippen LogP contribution in [0.2, 0.25) is 0 Å². The molecule has 104 valence electrons. The summed E-state index contributed by atoms with van der Waals surface area (Å²) < 4.78 is 0. The third kappa shape index (κ3) is 3.55. The number of amides is 1. The number of likely N-dealkylation sites (tertiary alicyclic amines) is 1. The molecule has 2 N–H and O–H groups in total. The van der Waals surface area contributed by atoms with Crippen molar-refractivity contribution in [2.24, 2.45) is 0 Å². The van der Waals surface area contributed by atoms with Gasteiger partial charge in [0.1, 0.15) is 0 Å². The lowest BCUT2D eigenvalue weighted by Crippen LogP contribution is -2.44. The monoisotopic (exact) mass is 262 g/mol. The van der Waals surface area contributed by atoms with Gasteiger partial charge in [-0.1, -0.05) is 24.3 Å². The van der Waals surface area contributed by atoms with E-state index in [0.29, 0.717) is 13.1 Å². The average molecular weight is 262 g/mol. The van der Waals surface area contributed by atoms with E-state index >= 15 is 0 Å². The Bertz CT molecular complexity index is 448. The zero-order valence-corrected chi connectivity index (χ0v) is 11.6. The Morgan fingerprint density at radius 2 is 2.26 bits per heavy atom. The van der Waals surface area contributed by atoms with Crippen molar-refractivity contribution in [3.63, 3.8) is 0 Å². The van der Waals surface area contributed by atoms with Gasteiger partial charge < -0.3 is 10.4 Å². The van der Waals surface area contributed by atoms with Gasteiger partial charge in [-0.15, -0.1) is 0 Å². The normalized spacial score (nSPS) is 21.3. The van der Waals surface area contributed by atoms with E-state index < -0.39 is 0 Å². The number of β-amino-alcohol motifs (C(OH)–C–C–N with tert-alkyl or cyclic N) is 1. The Morgan fingerprint density at radius 3 is 2.89 bits per heavy atom. The van der Waals surface area contributed by atoms with E-state index in [9.17, 15) is 9.90 Å². The van der Waals surface area contributed by atoms with Crippen molar-refractivity contribution in [1.29, 1.82) is 0 Å². The lowest BCUT2D eigenvalue weighted by Gasteiger charge is -2.23. The molecule has 1 aromatic rings. The minimum atomic E-state index is -0.286. The number of benzene rings is 1. The molecule has 1 unspecified atom stereocenters. The SMILES string of the molecule is Cc1ccccc1CNC(=O)C(C)N1CC[C@H](O)C1. The lowest BCUT2D eigenvalue weighted by molar-refractivity contribution is -0.125. The summed E-state index contributed by atoms with van der Waals surface area (Å²) in [5.74, 6) is 0.0253. The van der Waals surface area contributed by atoms with E-state index in [1.165, 1.54) is 5.56 Å². The molecule has 4 heteroatoms. The summed E-state index contributed by atoms with van der Waals surface area (Å²) in [6.45, 7) is 5.89. The van der Waals surface area contributed by atoms with Crippen molar-refractivity contribution >= 4 is 5.91 Å². The Kier molecular flexibility index (Phi) is 4.56. The number of rotatable bonds is 4. The molecule has 1 fully saturated rings. The zero-order chi connectivity index (χ0) is 13.8. The van der Waals surface area contributed by atoms with E-state index in [1.807, 2.05) is 43.0 Å². The molecule has 0 aromatic heterocycles. The number of aryl methyl sites for hydroxylation is 1. The average Bonchev–Trinajstić information content (AvgIpc) is 2.83. The Labute approximate surface area is 114 Å². The van der Waals surface area contributed by atoms with Gasteiger partial charge in [0, 0.05) is 19.6 Å². The molecule has 19 heavy (non-hydrogen) atoms.